The van der Waals surface area contributed by atoms with E-state index in [1.807, 2.05) is 0 Å². The summed E-state index contributed by atoms with van der Waals surface area (Å²) < 4.78 is 0. The lowest BCUT2D eigenvalue weighted by Crippen LogP contribution is -2.53. The predicted octanol–water partition coefficient (Wildman–Crippen LogP) is 5.12. The first kappa shape index (κ1) is 22.4. The minimum Gasteiger partial charge on any atom is -0.393 e. The summed E-state index contributed by atoms with van der Waals surface area (Å²) in [5.41, 5.74) is 0.577. The summed E-state index contributed by atoms with van der Waals surface area (Å²) in [5, 5.41) is 21.4. The molecule has 0 aromatic rings. The van der Waals surface area contributed by atoms with Crippen molar-refractivity contribution in [1.29, 1.82) is 0 Å². The maximum atomic E-state index is 11.1. The zero-order chi connectivity index (χ0) is 22.1. The number of nitrogens with zero attached hydrogens (tertiary/aromatic N) is 1. The second kappa shape index (κ2) is 7.84. The number of allylic oxidation sites excluding steroid dienone is 2. The molecule has 0 aromatic carbocycles. The Morgan fingerprint density at radius 1 is 1.00 bits per heavy atom. The molecule has 3 nitrogen and oxygen atoms in total. The number of rotatable bonds is 2. The molecule has 1 aliphatic heterocycles. The Morgan fingerprint density at radius 2 is 1.77 bits per heavy atom. The lowest BCUT2D eigenvalue weighted by atomic mass is 9.51. The fourth-order valence-electron chi connectivity index (χ4n) is 9.60. The quantitative estimate of drug-likeness (QED) is 0.599. The second-order valence-electron chi connectivity index (χ2n) is 13.3. The van der Waals surface area contributed by atoms with Gasteiger partial charge in [0.25, 0.3) is 0 Å². The van der Waals surface area contributed by atoms with Crippen LogP contribution in [0.25, 0.3) is 0 Å². The van der Waals surface area contributed by atoms with E-state index in [9.17, 15) is 10.2 Å². The largest absolute Gasteiger partial charge is 0.393 e. The van der Waals surface area contributed by atoms with Crippen LogP contribution in [0.15, 0.2) is 12.2 Å². The van der Waals surface area contributed by atoms with Crippen molar-refractivity contribution in [3.8, 4) is 0 Å². The van der Waals surface area contributed by atoms with Crippen LogP contribution in [0, 0.1) is 52.3 Å². The van der Waals surface area contributed by atoms with Gasteiger partial charge in [-0.2, -0.15) is 0 Å². The molecule has 2 N–H and O–H groups in total. The van der Waals surface area contributed by atoms with Gasteiger partial charge in [0.05, 0.1) is 12.2 Å². The Morgan fingerprint density at radius 3 is 2.52 bits per heavy atom. The molecule has 4 aliphatic carbocycles. The average molecular weight is 430 g/mol. The summed E-state index contributed by atoms with van der Waals surface area (Å²) in [4.78, 5) is 2.64. The molecule has 5 rings (SSSR count). The van der Waals surface area contributed by atoms with Crippen LogP contribution in [0.4, 0.5) is 0 Å². The van der Waals surface area contributed by atoms with Gasteiger partial charge >= 0.3 is 0 Å². The highest BCUT2D eigenvalue weighted by Gasteiger charge is 2.62. The van der Waals surface area contributed by atoms with Crippen molar-refractivity contribution in [3.05, 3.63) is 12.2 Å². The number of aliphatic hydroxyl groups is 2. The summed E-state index contributed by atoms with van der Waals surface area (Å²) in [6.07, 6.45) is 13.9. The highest BCUT2D eigenvalue weighted by molar-refractivity contribution is 5.19. The van der Waals surface area contributed by atoms with Gasteiger partial charge in [0, 0.05) is 12.6 Å². The van der Waals surface area contributed by atoms with Crippen LogP contribution >= 0.6 is 0 Å². The highest BCUT2D eigenvalue weighted by atomic mass is 16.3. The predicted molar refractivity (Wildman–Crippen MR) is 126 cm³/mol. The third-order valence-electron chi connectivity index (χ3n) is 11.4. The third-order valence-corrected chi connectivity index (χ3v) is 11.4. The number of hydrogen-bond acceptors (Lipinski definition) is 3. The Labute approximate surface area is 190 Å². The topological polar surface area (TPSA) is 43.7 Å². The molecule has 0 amide bonds. The summed E-state index contributed by atoms with van der Waals surface area (Å²) in [7, 11) is 2.35. The Balaban J connectivity index is 1.36. The molecule has 31 heavy (non-hydrogen) atoms. The van der Waals surface area contributed by atoms with Crippen LogP contribution in [-0.2, 0) is 0 Å². The van der Waals surface area contributed by atoms with Crippen LogP contribution in [0.5, 0.6) is 0 Å². The van der Waals surface area contributed by atoms with Gasteiger partial charge in [-0.25, -0.2) is 0 Å². The number of likely N-dealkylation sites (tertiary alicyclic amines) is 1. The Kier molecular flexibility index (Phi) is 5.67. The average Bonchev–Trinajstić information content (AvgIpc) is 3.01. The van der Waals surface area contributed by atoms with E-state index in [4.69, 9.17) is 0 Å². The van der Waals surface area contributed by atoms with Crippen LogP contribution in [0.3, 0.4) is 0 Å². The first-order valence-electron chi connectivity index (χ1n) is 13.4. The lowest BCUT2D eigenvalue weighted by molar-refractivity contribution is -0.127. The van der Waals surface area contributed by atoms with Gasteiger partial charge < -0.3 is 15.1 Å². The smallest absolute Gasteiger partial charge is 0.0577 e. The number of aliphatic hydroxyl groups excluding tert-OH is 2. The monoisotopic (exact) mass is 429 g/mol. The maximum Gasteiger partial charge on any atom is 0.0577 e. The minimum atomic E-state index is -0.230. The molecule has 0 radical (unpaired) electrons. The molecule has 176 valence electrons. The highest BCUT2D eigenvalue weighted by Crippen LogP contribution is 2.68. The van der Waals surface area contributed by atoms with Gasteiger partial charge in [-0.1, -0.05) is 39.8 Å². The van der Waals surface area contributed by atoms with Gasteiger partial charge in [0.15, 0.2) is 0 Å². The van der Waals surface area contributed by atoms with Crippen LogP contribution in [0.1, 0.15) is 79.1 Å². The van der Waals surface area contributed by atoms with E-state index >= 15 is 0 Å². The van der Waals surface area contributed by atoms with Crippen LogP contribution in [0.2, 0.25) is 0 Å². The van der Waals surface area contributed by atoms with E-state index in [-0.39, 0.29) is 23.5 Å². The van der Waals surface area contributed by atoms with E-state index < -0.39 is 0 Å². The van der Waals surface area contributed by atoms with E-state index in [0.29, 0.717) is 35.0 Å². The molecule has 4 fully saturated rings. The molecule has 3 unspecified atom stereocenters. The molecular weight excluding hydrogens is 382 g/mol. The van der Waals surface area contributed by atoms with Gasteiger partial charge in [0.1, 0.15) is 0 Å². The molecule has 12 atom stereocenters. The van der Waals surface area contributed by atoms with E-state index in [1.54, 1.807) is 0 Å². The van der Waals surface area contributed by atoms with Crippen molar-refractivity contribution >= 4 is 0 Å². The van der Waals surface area contributed by atoms with Crippen molar-refractivity contribution < 1.29 is 10.2 Å². The summed E-state index contributed by atoms with van der Waals surface area (Å²) in [6, 6.07) is 0.721. The van der Waals surface area contributed by atoms with Gasteiger partial charge in [-0.15, -0.1) is 0 Å². The van der Waals surface area contributed by atoms with Gasteiger partial charge in [0.2, 0.25) is 0 Å². The SMILES string of the molecule is CC1CCC([C@@H](C)[C@@H]2C=C[C@H]3[C@@H]4CC(O)[C@H]5C[C@@H](O)CC[C@]5(C)[C@H]4C[C@@]3(C)C2)N(C)C1. The summed E-state index contributed by atoms with van der Waals surface area (Å²) >= 11 is 0. The number of fused-ring (bicyclic) bond motifs is 5. The molecule has 3 saturated carbocycles. The molecule has 5 aliphatic rings. The van der Waals surface area contributed by atoms with Crippen LogP contribution in [-0.4, -0.2) is 47.0 Å². The van der Waals surface area contributed by atoms with Crippen molar-refractivity contribution in [2.24, 2.45) is 52.3 Å². The normalized spacial score (nSPS) is 55.9. The zero-order valence-electron chi connectivity index (χ0n) is 20.6. The first-order valence-corrected chi connectivity index (χ1v) is 13.4. The van der Waals surface area contributed by atoms with Crippen molar-refractivity contribution in [3.63, 3.8) is 0 Å². The zero-order valence-corrected chi connectivity index (χ0v) is 20.6. The van der Waals surface area contributed by atoms with Crippen molar-refractivity contribution in [2.45, 2.75) is 97.3 Å². The van der Waals surface area contributed by atoms with E-state index in [2.05, 4.69) is 51.8 Å². The summed E-state index contributed by atoms with van der Waals surface area (Å²) in [6.45, 7) is 11.2. The standard InChI is InChI=1S/C28H47NO2/c1-17-6-9-25(29(5)16-17)18(2)19-7-8-22-21-13-26(31)23-12-20(30)10-11-28(23,4)24(21)15-27(22,3)14-19/h7-8,17-26,30-31H,6,9-16H2,1-5H3/t17?,18-,19+,20-,21-,22-,23+,24-,25?,26?,27+,28-/m0/s1. The lowest BCUT2D eigenvalue weighted by Gasteiger charge is -2.55. The maximum absolute atomic E-state index is 11.1. The third kappa shape index (κ3) is 3.56. The fourth-order valence-corrected chi connectivity index (χ4v) is 9.60. The van der Waals surface area contributed by atoms with Crippen molar-refractivity contribution in [2.75, 3.05) is 13.6 Å². The van der Waals surface area contributed by atoms with E-state index in [0.717, 1.165) is 37.6 Å². The minimum absolute atomic E-state index is 0.205. The number of hydrogen-bond donors (Lipinski definition) is 2. The number of piperidine rings is 1. The first-order chi connectivity index (χ1) is 14.6. The molecule has 1 saturated heterocycles. The molecule has 0 bridgehead atoms. The molecule has 0 aromatic heterocycles. The Bertz CT molecular complexity index is 707. The fraction of sp³-hybridized carbons (Fsp3) is 0.929. The van der Waals surface area contributed by atoms with Gasteiger partial charge in [-0.05, 0) is 111 Å². The molecule has 3 heteroatoms. The molecule has 1 heterocycles. The van der Waals surface area contributed by atoms with Crippen molar-refractivity contribution in [1.82, 2.24) is 4.90 Å². The second-order valence-corrected chi connectivity index (χ2v) is 13.3. The molecular formula is C28H47NO2. The molecule has 0 spiro atoms. The Hall–Kier alpha value is -0.380. The van der Waals surface area contributed by atoms with Crippen LogP contribution < -0.4 is 0 Å². The summed E-state index contributed by atoms with van der Waals surface area (Å²) in [5.74, 6) is 4.49. The van der Waals surface area contributed by atoms with Gasteiger partial charge in [-0.3, -0.25) is 0 Å². The van der Waals surface area contributed by atoms with E-state index in [1.165, 1.54) is 32.2 Å².